The summed E-state index contributed by atoms with van der Waals surface area (Å²) in [5.74, 6) is -0.0326. The maximum Gasteiger partial charge on any atom is 0.222 e. The quantitative estimate of drug-likeness (QED) is 0.804. The molecule has 3 rings (SSSR count). The summed E-state index contributed by atoms with van der Waals surface area (Å²) in [6.07, 6.45) is 1.50. The number of aromatic nitrogens is 4. The van der Waals surface area contributed by atoms with E-state index in [2.05, 4.69) is 15.1 Å². The Labute approximate surface area is 126 Å². The van der Waals surface area contributed by atoms with Crippen LogP contribution in [0, 0.1) is 5.82 Å². The van der Waals surface area contributed by atoms with Crippen LogP contribution in [0.1, 0.15) is 13.8 Å². The van der Waals surface area contributed by atoms with Crippen molar-refractivity contribution in [2.45, 2.75) is 20.0 Å². The van der Waals surface area contributed by atoms with E-state index in [1.54, 1.807) is 30.1 Å². The van der Waals surface area contributed by atoms with E-state index in [0.717, 1.165) is 0 Å². The number of hydrogen-bond donors (Lipinski definition) is 1. The minimum absolute atomic E-state index is 0.0904. The Balaban J connectivity index is 2.10. The van der Waals surface area contributed by atoms with Crippen LogP contribution >= 0.6 is 0 Å². The number of ether oxygens (including phenoxy) is 1. The van der Waals surface area contributed by atoms with Gasteiger partial charge in [0.25, 0.3) is 0 Å². The molecule has 0 saturated carbocycles. The van der Waals surface area contributed by atoms with Crippen molar-refractivity contribution in [3.8, 4) is 17.0 Å². The number of nitrogens with two attached hydrogens (primary N) is 1. The first kappa shape index (κ1) is 14.2. The molecule has 6 nitrogen and oxygen atoms in total. The molecule has 7 heteroatoms. The largest absolute Gasteiger partial charge is 0.488 e. The van der Waals surface area contributed by atoms with Gasteiger partial charge in [0.05, 0.1) is 11.5 Å². The van der Waals surface area contributed by atoms with Crippen molar-refractivity contribution >= 4 is 17.0 Å². The van der Waals surface area contributed by atoms with E-state index in [1.807, 2.05) is 13.8 Å². The van der Waals surface area contributed by atoms with Crippen LogP contribution in [-0.2, 0) is 7.05 Å². The van der Waals surface area contributed by atoms with Crippen molar-refractivity contribution in [2.24, 2.45) is 7.05 Å². The van der Waals surface area contributed by atoms with E-state index in [9.17, 15) is 4.39 Å². The van der Waals surface area contributed by atoms with Gasteiger partial charge in [-0.2, -0.15) is 10.1 Å². The zero-order valence-electron chi connectivity index (χ0n) is 12.5. The molecule has 0 spiro atoms. The van der Waals surface area contributed by atoms with E-state index in [1.165, 1.54) is 6.07 Å². The Morgan fingerprint density at radius 3 is 2.77 bits per heavy atom. The summed E-state index contributed by atoms with van der Waals surface area (Å²) >= 11 is 0. The summed E-state index contributed by atoms with van der Waals surface area (Å²) in [6.45, 7) is 3.70. The molecule has 114 valence electrons. The highest BCUT2D eigenvalue weighted by Crippen LogP contribution is 2.30. The number of benzene rings is 1. The van der Waals surface area contributed by atoms with Crippen molar-refractivity contribution in [1.82, 2.24) is 19.7 Å². The normalized spacial score (nSPS) is 11.3. The second-order valence-corrected chi connectivity index (χ2v) is 5.25. The number of nitrogen functional groups attached to an aromatic ring is 1. The summed E-state index contributed by atoms with van der Waals surface area (Å²) in [4.78, 5) is 8.13. The summed E-state index contributed by atoms with van der Waals surface area (Å²) in [7, 11) is 1.75. The SMILES string of the molecule is CC(C)Oc1ccc(-c2nn(C)c3nc(N)ncc23)cc1F. The molecule has 3 aromatic rings. The predicted octanol–water partition coefficient (Wildman–Crippen LogP) is 2.54. The molecule has 0 aliphatic rings. The minimum Gasteiger partial charge on any atom is -0.488 e. The number of aryl methyl sites for hydroxylation is 1. The molecule has 2 N–H and O–H groups in total. The highest BCUT2D eigenvalue weighted by molar-refractivity contribution is 5.91. The molecule has 22 heavy (non-hydrogen) atoms. The maximum atomic E-state index is 14.2. The van der Waals surface area contributed by atoms with Crippen LogP contribution in [0.15, 0.2) is 24.4 Å². The molecule has 0 saturated heterocycles. The first-order chi connectivity index (χ1) is 10.5. The molecule has 0 fully saturated rings. The third kappa shape index (κ3) is 2.45. The summed E-state index contributed by atoms with van der Waals surface area (Å²) in [5, 5.41) is 5.10. The minimum atomic E-state index is -0.429. The fourth-order valence-corrected chi connectivity index (χ4v) is 2.26. The first-order valence-electron chi connectivity index (χ1n) is 6.87. The number of anilines is 1. The molecule has 2 heterocycles. The average molecular weight is 301 g/mol. The number of halogens is 1. The monoisotopic (exact) mass is 301 g/mol. The molecule has 2 aromatic heterocycles. The van der Waals surface area contributed by atoms with Gasteiger partial charge in [-0.25, -0.2) is 14.1 Å². The van der Waals surface area contributed by atoms with Gasteiger partial charge in [-0.1, -0.05) is 0 Å². The third-order valence-electron chi connectivity index (χ3n) is 3.17. The lowest BCUT2D eigenvalue weighted by atomic mass is 10.1. The molecule has 0 aliphatic heterocycles. The fourth-order valence-electron chi connectivity index (χ4n) is 2.26. The molecule has 0 aliphatic carbocycles. The van der Waals surface area contributed by atoms with Crippen LogP contribution in [0.4, 0.5) is 10.3 Å². The maximum absolute atomic E-state index is 14.2. The van der Waals surface area contributed by atoms with Crippen LogP contribution in [-0.4, -0.2) is 25.9 Å². The standard InChI is InChI=1S/C15H16FN5O/c1-8(2)22-12-5-4-9(6-11(12)16)13-10-7-18-15(17)19-14(10)21(3)20-13/h4-8H,1-3H3,(H2,17,18,19). The summed E-state index contributed by atoms with van der Waals surface area (Å²) in [6, 6.07) is 4.76. The van der Waals surface area contributed by atoms with E-state index < -0.39 is 5.82 Å². The van der Waals surface area contributed by atoms with Crippen LogP contribution in [0.2, 0.25) is 0 Å². The van der Waals surface area contributed by atoms with Gasteiger partial charge in [0.15, 0.2) is 17.2 Å². The number of nitrogens with zero attached hydrogens (tertiary/aromatic N) is 4. The Hall–Kier alpha value is -2.70. The van der Waals surface area contributed by atoms with Crippen LogP contribution in [0.3, 0.4) is 0 Å². The Bertz CT molecular complexity index is 843. The van der Waals surface area contributed by atoms with Crippen LogP contribution in [0.5, 0.6) is 5.75 Å². The van der Waals surface area contributed by atoms with E-state index >= 15 is 0 Å². The van der Waals surface area contributed by atoms with Gasteiger partial charge in [0.1, 0.15) is 5.69 Å². The van der Waals surface area contributed by atoms with E-state index in [0.29, 0.717) is 22.3 Å². The lowest BCUT2D eigenvalue weighted by molar-refractivity contribution is 0.231. The van der Waals surface area contributed by atoms with Gasteiger partial charge in [0.2, 0.25) is 5.95 Å². The second-order valence-electron chi connectivity index (χ2n) is 5.25. The van der Waals surface area contributed by atoms with Gasteiger partial charge in [-0.05, 0) is 32.0 Å². The van der Waals surface area contributed by atoms with Gasteiger partial charge < -0.3 is 10.5 Å². The highest BCUT2D eigenvalue weighted by atomic mass is 19.1. The number of rotatable bonds is 3. The summed E-state index contributed by atoms with van der Waals surface area (Å²) < 4.78 is 21.2. The lowest BCUT2D eigenvalue weighted by Gasteiger charge is -2.11. The number of hydrogen-bond acceptors (Lipinski definition) is 5. The van der Waals surface area contributed by atoms with Crippen molar-refractivity contribution in [1.29, 1.82) is 0 Å². The predicted molar refractivity (Wildman–Crippen MR) is 81.9 cm³/mol. The third-order valence-corrected chi connectivity index (χ3v) is 3.17. The Kier molecular flexibility index (Phi) is 3.40. The van der Waals surface area contributed by atoms with Crippen molar-refractivity contribution in [3.63, 3.8) is 0 Å². The Morgan fingerprint density at radius 2 is 2.09 bits per heavy atom. The van der Waals surface area contributed by atoms with E-state index in [4.69, 9.17) is 10.5 Å². The van der Waals surface area contributed by atoms with Crippen LogP contribution in [0.25, 0.3) is 22.3 Å². The van der Waals surface area contributed by atoms with Gasteiger partial charge in [-0.3, -0.25) is 0 Å². The number of fused-ring (bicyclic) bond motifs is 1. The molecule has 0 radical (unpaired) electrons. The van der Waals surface area contributed by atoms with Gasteiger partial charge >= 0.3 is 0 Å². The van der Waals surface area contributed by atoms with E-state index in [-0.39, 0.29) is 17.8 Å². The average Bonchev–Trinajstić information content (AvgIpc) is 2.78. The molecule has 0 bridgehead atoms. The second kappa shape index (κ2) is 5.25. The zero-order chi connectivity index (χ0) is 15.9. The van der Waals surface area contributed by atoms with Gasteiger partial charge in [0, 0.05) is 18.8 Å². The topological polar surface area (TPSA) is 78.8 Å². The smallest absolute Gasteiger partial charge is 0.222 e. The molecular formula is C15H16FN5O. The zero-order valence-corrected chi connectivity index (χ0v) is 12.5. The van der Waals surface area contributed by atoms with Crippen molar-refractivity contribution in [3.05, 3.63) is 30.2 Å². The van der Waals surface area contributed by atoms with Crippen molar-refractivity contribution in [2.75, 3.05) is 5.73 Å². The highest BCUT2D eigenvalue weighted by Gasteiger charge is 2.15. The molecule has 0 atom stereocenters. The molecular weight excluding hydrogens is 285 g/mol. The Morgan fingerprint density at radius 1 is 1.32 bits per heavy atom. The van der Waals surface area contributed by atoms with Crippen LogP contribution < -0.4 is 10.5 Å². The molecule has 0 unspecified atom stereocenters. The molecule has 1 aromatic carbocycles. The summed E-state index contributed by atoms with van der Waals surface area (Å²) in [5.41, 5.74) is 7.43. The first-order valence-corrected chi connectivity index (χ1v) is 6.87. The molecule has 0 amide bonds. The lowest BCUT2D eigenvalue weighted by Crippen LogP contribution is -2.06. The fraction of sp³-hybridized carbons (Fsp3) is 0.267. The van der Waals surface area contributed by atoms with Gasteiger partial charge in [-0.15, -0.1) is 0 Å². The van der Waals surface area contributed by atoms with Crippen molar-refractivity contribution < 1.29 is 9.13 Å².